The summed E-state index contributed by atoms with van der Waals surface area (Å²) in [6.07, 6.45) is 3.80. The lowest BCUT2D eigenvalue weighted by Crippen LogP contribution is -2.35. The van der Waals surface area contributed by atoms with Crippen LogP contribution in [0.25, 0.3) is 0 Å². The summed E-state index contributed by atoms with van der Waals surface area (Å²) < 4.78 is 2.00. The normalized spacial score (nSPS) is 21.9. The van der Waals surface area contributed by atoms with Gasteiger partial charge in [-0.2, -0.15) is 5.10 Å². The van der Waals surface area contributed by atoms with E-state index in [4.69, 9.17) is 11.6 Å². The molecule has 0 spiro atoms. The number of aryl methyl sites for hydroxylation is 2. The van der Waals surface area contributed by atoms with Crippen LogP contribution in [0.4, 0.5) is 0 Å². The Labute approximate surface area is 109 Å². The minimum Gasteiger partial charge on any atom is -0.297 e. The lowest BCUT2D eigenvalue weighted by molar-refractivity contribution is 0.162. The molecule has 2 rings (SSSR count). The number of likely N-dealkylation sites (tertiary alicyclic amines) is 1. The summed E-state index contributed by atoms with van der Waals surface area (Å²) in [5.41, 5.74) is 2.42. The number of rotatable bonds is 4. The average molecular weight is 256 g/mol. The Morgan fingerprint density at radius 1 is 1.53 bits per heavy atom. The molecular weight excluding hydrogens is 234 g/mol. The minimum absolute atomic E-state index is 0.788. The van der Waals surface area contributed by atoms with Gasteiger partial charge in [0, 0.05) is 26.0 Å². The molecule has 1 aliphatic rings. The molecule has 1 aromatic heterocycles. The third-order valence-corrected chi connectivity index (χ3v) is 3.82. The third kappa shape index (κ3) is 3.46. The molecule has 17 heavy (non-hydrogen) atoms. The molecule has 1 aliphatic heterocycles. The van der Waals surface area contributed by atoms with E-state index in [0.717, 1.165) is 30.5 Å². The Morgan fingerprint density at radius 2 is 2.35 bits per heavy atom. The third-order valence-electron chi connectivity index (χ3n) is 3.60. The highest BCUT2D eigenvalue weighted by atomic mass is 35.5. The van der Waals surface area contributed by atoms with Crippen molar-refractivity contribution in [2.24, 2.45) is 13.0 Å². The van der Waals surface area contributed by atoms with E-state index in [2.05, 4.69) is 23.0 Å². The van der Waals surface area contributed by atoms with Crippen LogP contribution in [0.2, 0.25) is 0 Å². The molecule has 0 saturated carbocycles. The fraction of sp³-hybridized carbons (Fsp3) is 0.769. The molecule has 1 aromatic rings. The van der Waals surface area contributed by atoms with Gasteiger partial charge >= 0.3 is 0 Å². The lowest BCUT2D eigenvalue weighted by Gasteiger charge is -2.32. The minimum atomic E-state index is 0.788. The van der Waals surface area contributed by atoms with Crippen molar-refractivity contribution in [2.45, 2.75) is 32.7 Å². The number of aromatic nitrogens is 2. The second kappa shape index (κ2) is 5.87. The predicted molar refractivity (Wildman–Crippen MR) is 71.3 cm³/mol. The van der Waals surface area contributed by atoms with Gasteiger partial charge in [-0.25, -0.2) is 0 Å². The summed E-state index contributed by atoms with van der Waals surface area (Å²) in [6, 6.07) is 2.19. The van der Waals surface area contributed by atoms with Crippen molar-refractivity contribution < 1.29 is 0 Å². The van der Waals surface area contributed by atoms with E-state index in [1.807, 2.05) is 11.7 Å². The summed E-state index contributed by atoms with van der Waals surface area (Å²) in [7, 11) is 2.03. The van der Waals surface area contributed by atoms with Crippen molar-refractivity contribution in [2.75, 3.05) is 19.0 Å². The van der Waals surface area contributed by atoms with Gasteiger partial charge in [0.05, 0.1) is 11.4 Å². The summed E-state index contributed by atoms with van der Waals surface area (Å²) in [5.74, 6) is 1.58. The zero-order valence-corrected chi connectivity index (χ0v) is 11.6. The second-order valence-corrected chi connectivity index (χ2v) is 5.50. The van der Waals surface area contributed by atoms with Crippen molar-refractivity contribution in [3.8, 4) is 0 Å². The van der Waals surface area contributed by atoms with Gasteiger partial charge in [-0.15, -0.1) is 11.6 Å². The summed E-state index contributed by atoms with van der Waals surface area (Å²) in [5, 5.41) is 4.40. The molecule has 0 N–H and O–H groups in total. The zero-order chi connectivity index (χ0) is 12.3. The number of hydrogen-bond donors (Lipinski definition) is 0. The van der Waals surface area contributed by atoms with Crippen LogP contribution >= 0.6 is 11.6 Å². The summed E-state index contributed by atoms with van der Waals surface area (Å²) in [6.45, 7) is 5.48. The van der Waals surface area contributed by atoms with Crippen molar-refractivity contribution in [3.05, 3.63) is 17.5 Å². The first kappa shape index (κ1) is 12.9. The summed E-state index contributed by atoms with van der Waals surface area (Å²) in [4.78, 5) is 2.54. The van der Waals surface area contributed by atoms with Crippen LogP contribution < -0.4 is 0 Å². The van der Waals surface area contributed by atoms with Crippen LogP contribution in [0, 0.1) is 12.8 Å². The molecular formula is C13H22ClN3. The van der Waals surface area contributed by atoms with E-state index in [1.54, 1.807) is 0 Å². The standard InChI is InChI=1S/C13H22ClN3/c1-11-8-13(16(2)15-11)10-17-7-3-4-12(9-17)5-6-14/h8,12H,3-7,9-10H2,1-2H3. The van der Waals surface area contributed by atoms with Crippen LogP contribution in [-0.2, 0) is 13.6 Å². The smallest absolute Gasteiger partial charge is 0.0597 e. The molecule has 96 valence electrons. The van der Waals surface area contributed by atoms with Crippen LogP contribution in [0.1, 0.15) is 30.7 Å². The Kier molecular flexibility index (Phi) is 4.46. The second-order valence-electron chi connectivity index (χ2n) is 5.12. The van der Waals surface area contributed by atoms with Gasteiger partial charge in [0.25, 0.3) is 0 Å². The van der Waals surface area contributed by atoms with Crippen LogP contribution in [0.15, 0.2) is 6.07 Å². The largest absolute Gasteiger partial charge is 0.297 e. The lowest BCUT2D eigenvalue weighted by atomic mass is 9.95. The molecule has 4 heteroatoms. The molecule has 0 aliphatic carbocycles. The van der Waals surface area contributed by atoms with E-state index in [-0.39, 0.29) is 0 Å². The maximum absolute atomic E-state index is 5.84. The Balaban J connectivity index is 1.92. The zero-order valence-electron chi connectivity index (χ0n) is 10.8. The van der Waals surface area contributed by atoms with Gasteiger partial charge in [0.2, 0.25) is 0 Å². The van der Waals surface area contributed by atoms with E-state index in [1.165, 1.54) is 31.6 Å². The van der Waals surface area contributed by atoms with Gasteiger partial charge in [-0.1, -0.05) is 0 Å². The van der Waals surface area contributed by atoms with E-state index < -0.39 is 0 Å². The van der Waals surface area contributed by atoms with Gasteiger partial charge in [-0.05, 0) is 44.7 Å². The highest BCUT2D eigenvalue weighted by molar-refractivity contribution is 6.17. The molecule has 1 saturated heterocycles. The van der Waals surface area contributed by atoms with Crippen LogP contribution in [-0.4, -0.2) is 33.6 Å². The quantitative estimate of drug-likeness (QED) is 0.771. The highest BCUT2D eigenvalue weighted by Gasteiger charge is 2.20. The topological polar surface area (TPSA) is 21.1 Å². The number of nitrogens with zero attached hydrogens (tertiary/aromatic N) is 3. The number of alkyl halides is 1. The molecule has 1 unspecified atom stereocenters. The monoisotopic (exact) mass is 255 g/mol. The van der Waals surface area contributed by atoms with Gasteiger partial charge < -0.3 is 0 Å². The first-order chi connectivity index (χ1) is 8.19. The molecule has 0 bridgehead atoms. The Hall–Kier alpha value is -0.540. The SMILES string of the molecule is Cc1cc(CN2CCCC(CCCl)C2)n(C)n1. The predicted octanol–water partition coefficient (Wildman–Crippen LogP) is 2.57. The number of halogens is 1. The molecule has 1 fully saturated rings. The maximum atomic E-state index is 5.84. The summed E-state index contributed by atoms with van der Waals surface area (Å²) >= 11 is 5.84. The average Bonchev–Trinajstić information content (AvgIpc) is 2.58. The fourth-order valence-corrected chi connectivity index (χ4v) is 3.03. The van der Waals surface area contributed by atoms with E-state index >= 15 is 0 Å². The Morgan fingerprint density at radius 3 is 3.00 bits per heavy atom. The van der Waals surface area contributed by atoms with Gasteiger partial charge in [0.1, 0.15) is 0 Å². The van der Waals surface area contributed by atoms with Crippen molar-refractivity contribution >= 4 is 11.6 Å². The highest BCUT2D eigenvalue weighted by Crippen LogP contribution is 2.21. The molecule has 1 atom stereocenters. The van der Waals surface area contributed by atoms with Crippen molar-refractivity contribution in [3.63, 3.8) is 0 Å². The first-order valence-electron chi connectivity index (χ1n) is 6.47. The fourth-order valence-electron chi connectivity index (χ4n) is 2.73. The van der Waals surface area contributed by atoms with Crippen LogP contribution in [0.5, 0.6) is 0 Å². The first-order valence-corrected chi connectivity index (χ1v) is 7.00. The molecule has 3 nitrogen and oxygen atoms in total. The Bertz CT molecular complexity index is 360. The number of piperidine rings is 1. The molecule has 0 radical (unpaired) electrons. The van der Waals surface area contributed by atoms with Gasteiger partial charge in [-0.3, -0.25) is 9.58 Å². The van der Waals surface area contributed by atoms with E-state index in [9.17, 15) is 0 Å². The molecule has 0 aromatic carbocycles. The molecule has 2 heterocycles. The molecule has 0 amide bonds. The van der Waals surface area contributed by atoms with Crippen LogP contribution in [0.3, 0.4) is 0 Å². The maximum Gasteiger partial charge on any atom is 0.0597 e. The van der Waals surface area contributed by atoms with Crippen molar-refractivity contribution in [1.29, 1.82) is 0 Å². The van der Waals surface area contributed by atoms with Gasteiger partial charge in [0.15, 0.2) is 0 Å². The van der Waals surface area contributed by atoms with E-state index in [0.29, 0.717) is 0 Å². The number of hydrogen-bond acceptors (Lipinski definition) is 2. The van der Waals surface area contributed by atoms with Crippen molar-refractivity contribution in [1.82, 2.24) is 14.7 Å².